The van der Waals surface area contributed by atoms with Crippen molar-refractivity contribution in [2.45, 2.75) is 19.1 Å². The Labute approximate surface area is 177 Å². The monoisotopic (exact) mass is 428 g/mol. The number of amides is 1. The number of carbonyl (C=O) groups excluding carboxylic acids is 1. The van der Waals surface area contributed by atoms with Crippen LogP contribution in [0, 0.1) is 5.82 Å². The molecular formula is C21H18ClFN4O3. The average molecular weight is 429 g/mol. The number of nitrogens with zero attached hydrogens (tertiary/aromatic N) is 3. The van der Waals surface area contributed by atoms with Gasteiger partial charge in [-0.2, -0.15) is 5.10 Å². The second kappa shape index (κ2) is 8.54. The highest BCUT2D eigenvalue weighted by Gasteiger charge is 2.30. The Morgan fingerprint density at radius 2 is 2.13 bits per heavy atom. The van der Waals surface area contributed by atoms with Gasteiger partial charge in [0, 0.05) is 34.8 Å². The number of anilines is 1. The van der Waals surface area contributed by atoms with Gasteiger partial charge in [0.25, 0.3) is 5.91 Å². The number of oxime groups is 1. The number of methoxy groups -OCH3 is 1. The molecule has 1 aliphatic rings. The Hall–Kier alpha value is -3.39. The lowest BCUT2D eigenvalue weighted by Gasteiger charge is -2.09. The number of nitrogens with one attached hydrogen (secondary N) is 1. The van der Waals surface area contributed by atoms with Crippen LogP contribution in [0.1, 0.15) is 17.5 Å². The molecule has 154 valence electrons. The zero-order chi connectivity index (χ0) is 21.1. The molecule has 2 heterocycles. The van der Waals surface area contributed by atoms with Crippen LogP contribution in [0.4, 0.5) is 10.2 Å². The Morgan fingerprint density at radius 3 is 2.93 bits per heavy atom. The zero-order valence-electron chi connectivity index (χ0n) is 16.0. The predicted octanol–water partition coefficient (Wildman–Crippen LogP) is 3.86. The summed E-state index contributed by atoms with van der Waals surface area (Å²) in [4.78, 5) is 17.9. The molecule has 0 radical (unpaired) electrons. The molecule has 1 N–H and O–H groups in total. The second-order valence-corrected chi connectivity index (χ2v) is 7.03. The second-order valence-electron chi connectivity index (χ2n) is 6.62. The third kappa shape index (κ3) is 4.13. The number of ether oxygens (including phenoxy) is 1. The van der Waals surface area contributed by atoms with Gasteiger partial charge in [-0.25, -0.2) is 4.39 Å². The van der Waals surface area contributed by atoms with Gasteiger partial charge < -0.3 is 14.9 Å². The van der Waals surface area contributed by atoms with E-state index >= 15 is 0 Å². The lowest BCUT2D eigenvalue weighted by molar-refractivity contribution is -0.125. The Bertz CT molecular complexity index is 1090. The third-order valence-electron chi connectivity index (χ3n) is 4.65. The molecule has 3 aromatic rings. The topological polar surface area (TPSA) is 77.7 Å². The molecule has 7 nitrogen and oxygen atoms in total. The normalized spacial score (nSPS) is 15.4. The van der Waals surface area contributed by atoms with E-state index in [9.17, 15) is 9.18 Å². The number of benzene rings is 2. The summed E-state index contributed by atoms with van der Waals surface area (Å²) in [5.41, 5.74) is 1.74. The van der Waals surface area contributed by atoms with Crippen LogP contribution < -0.4 is 10.1 Å². The standard InChI is InChI=1S/C21H18ClFN4O3/c1-29-18-8-3-2-5-13(18)17-11-19(30-26-17)21(28)24-20-9-10-27(25-20)12-14-15(22)6-4-7-16(14)23/h2-10,19H,11-12H2,1H3,(H,24,25,28). The number of hydrogen-bond donors (Lipinski definition) is 1. The van der Waals surface area contributed by atoms with Crippen LogP contribution in [0.2, 0.25) is 5.02 Å². The van der Waals surface area contributed by atoms with Crippen molar-refractivity contribution in [3.8, 4) is 5.75 Å². The molecule has 1 amide bonds. The van der Waals surface area contributed by atoms with Crippen LogP contribution >= 0.6 is 11.6 Å². The Morgan fingerprint density at radius 1 is 1.30 bits per heavy atom. The summed E-state index contributed by atoms with van der Waals surface area (Å²) in [6.07, 6.45) is 1.15. The third-order valence-corrected chi connectivity index (χ3v) is 5.01. The molecule has 0 saturated heterocycles. The first kappa shape index (κ1) is 19.9. The summed E-state index contributed by atoms with van der Waals surface area (Å²) < 4.78 is 20.8. The van der Waals surface area contributed by atoms with Gasteiger partial charge in [0.15, 0.2) is 5.82 Å². The minimum atomic E-state index is -0.781. The molecule has 1 aromatic heterocycles. The number of hydrogen-bond acceptors (Lipinski definition) is 5. The first-order chi connectivity index (χ1) is 14.5. The summed E-state index contributed by atoms with van der Waals surface area (Å²) in [6, 6.07) is 13.5. The van der Waals surface area contributed by atoms with Crippen LogP contribution in [0.3, 0.4) is 0 Å². The van der Waals surface area contributed by atoms with Crippen molar-refractivity contribution in [2.75, 3.05) is 12.4 Å². The van der Waals surface area contributed by atoms with Gasteiger partial charge in [0.05, 0.1) is 19.4 Å². The van der Waals surface area contributed by atoms with Gasteiger partial charge in [-0.1, -0.05) is 35.0 Å². The molecule has 2 aromatic carbocycles. The van der Waals surface area contributed by atoms with Gasteiger partial charge in [-0.05, 0) is 24.3 Å². The number of aromatic nitrogens is 2. The molecule has 30 heavy (non-hydrogen) atoms. The van der Waals surface area contributed by atoms with Gasteiger partial charge in [0.1, 0.15) is 11.6 Å². The Kier molecular flexibility index (Phi) is 5.67. The fraction of sp³-hybridized carbons (Fsp3) is 0.190. The zero-order valence-corrected chi connectivity index (χ0v) is 16.8. The van der Waals surface area contributed by atoms with Gasteiger partial charge in [-0.15, -0.1) is 0 Å². The van der Waals surface area contributed by atoms with Crippen LogP contribution in [-0.4, -0.2) is 34.6 Å². The molecule has 0 saturated carbocycles. The molecular weight excluding hydrogens is 411 g/mol. The first-order valence-electron chi connectivity index (χ1n) is 9.18. The van der Waals surface area contributed by atoms with Crippen molar-refractivity contribution < 1.29 is 18.8 Å². The fourth-order valence-electron chi connectivity index (χ4n) is 3.13. The van der Waals surface area contributed by atoms with Gasteiger partial charge >= 0.3 is 0 Å². The smallest absolute Gasteiger partial charge is 0.269 e. The van der Waals surface area contributed by atoms with E-state index in [1.165, 1.54) is 10.7 Å². The van der Waals surface area contributed by atoms with Crippen LogP contribution in [0.15, 0.2) is 59.9 Å². The summed E-state index contributed by atoms with van der Waals surface area (Å²) in [5.74, 6) is 0.190. The maximum Gasteiger partial charge on any atom is 0.269 e. The van der Waals surface area contributed by atoms with E-state index < -0.39 is 11.9 Å². The maximum absolute atomic E-state index is 14.0. The molecule has 9 heteroatoms. The van der Waals surface area contributed by atoms with Crippen LogP contribution in [0.25, 0.3) is 0 Å². The number of para-hydroxylation sites is 1. The lowest BCUT2D eigenvalue weighted by Crippen LogP contribution is -2.28. The van der Waals surface area contributed by atoms with Gasteiger partial charge in [-0.3, -0.25) is 9.48 Å². The number of carbonyl (C=O) groups is 1. The molecule has 1 aliphatic heterocycles. The van der Waals surface area contributed by atoms with Crippen molar-refractivity contribution in [3.63, 3.8) is 0 Å². The summed E-state index contributed by atoms with van der Waals surface area (Å²) in [6.45, 7) is 0.141. The summed E-state index contributed by atoms with van der Waals surface area (Å²) in [5, 5.41) is 11.3. The van der Waals surface area contributed by atoms with Crippen LogP contribution in [-0.2, 0) is 16.2 Å². The fourth-order valence-corrected chi connectivity index (χ4v) is 3.35. The average Bonchev–Trinajstić information content (AvgIpc) is 3.40. The minimum absolute atomic E-state index is 0.141. The van der Waals surface area contributed by atoms with Crippen molar-refractivity contribution >= 4 is 29.0 Å². The van der Waals surface area contributed by atoms with E-state index in [4.69, 9.17) is 21.2 Å². The highest BCUT2D eigenvalue weighted by molar-refractivity contribution is 6.31. The summed E-state index contributed by atoms with van der Waals surface area (Å²) >= 11 is 6.05. The molecule has 0 aliphatic carbocycles. The first-order valence-corrected chi connectivity index (χ1v) is 9.56. The van der Waals surface area contributed by atoms with E-state index in [1.54, 1.807) is 31.5 Å². The van der Waals surface area contributed by atoms with Crippen molar-refractivity contribution in [3.05, 3.63) is 76.7 Å². The molecule has 0 bridgehead atoms. The highest BCUT2D eigenvalue weighted by Crippen LogP contribution is 2.25. The lowest BCUT2D eigenvalue weighted by atomic mass is 10.0. The van der Waals surface area contributed by atoms with E-state index in [0.29, 0.717) is 34.3 Å². The van der Waals surface area contributed by atoms with Crippen LogP contribution in [0.5, 0.6) is 5.75 Å². The number of halogens is 2. The SMILES string of the molecule is COc1ccccc1C1=NOC(C(=O)Nc2ccn(Cc3c(F)cccc3Cl)n2)C1. The van der Waals surface area contributed by atoms with Crippen molar-refractivity contribution in [2.24, 2.45) is 5.16 Å². The molecule has 1 atom stereocenters. The molecule has 4 rings (SSSR count). The molecule has 0 fully saturated rings. The van der Waals surface area contributed by atoms with E-state index in [1.807, 2.05) is 24.3 Å². The number of rotatable bonds is 6. The quantitative estimate of drug-likeness (QED) is 0.646. The Balaban J connectivity index is 1.39. The van der Waals surface area contributed by atoms with E-state index in [0.717, 1.165) is 5.56 Å². The highest BCUT2D eigenvalue weighted by atomic mass is 35.5. The molecule has 0 spiro atoms. The predicted molar refractivity (Wildman–Crippen MR) is 110 cm³/mol. The molecule has 1 unspecified atom stereocenters. The maximum atomic E-state index is 14.0. The van der Waals surface area contributed by atoms with Crippen molar-refractivity contribution in [1.29, 1.82) is 0 Å². The van der Waals surface area contributed by atoms with Gasteiger partial charge in [0.2, 0.25) is 6.10 Å². The van der Waals surface area contributed by atoms with E-state index in [2.05, 4.69) is 15.6 Å². The van der Waals surface area contributed by atoms with E-state index in [-0.39, 0.29) is 12.5 Å². The summed E-state index contributed by atoms with van der Waals surface area (Å²) in [7, 11) is 1.57. The van der Waals surface area contributed by atoms with Crippen molar-refractivity contribution in [1.82, 2.24) is 9.78 Å². The minimum Gasteiger partial charge on any atom is -0.496 e. The largest absolute Gasteiger partial charge is 0.496 e.